The van der Waals surface area contributed by atoms with Gasteiger partial charge >= 0.3 is 5.97 Å². The molecule has 0 aromatic heterocycles. The van der Waals surface area contributed by atoms with Gasteiger partial charge in [0.25, 0.3) is 5.92 Å². The van der Waals surface area contributed by atoms with Gasteiger partial charge in [-0.1, -0.05) is 18.2 Å². The van der Waals surface area contributed by atoms with Crippen LogP contribution in [0.1, 0.15) is 12.0 Å². The fraction of sp³-hybridized carbons (Fsp3) is 0.300. The zero-order chi connectivity index (χ0) is 11.3. The lowest BCUT2D eigenvalue weighted by Gasteiger charge is -2.12. The highest BCUT2D eigenvalue weighted by Gasteiger charge is 2.78. The molecule has 0 radical (unpaired) electrons. The van der Waals surface area contributed by atoms with E-state index >= 15 is 0 Å². The minimum atomic E-state index is -3.36. The summed E-state index contributed by atoms with van der Waals surface area (Å²) >= 11 is 0. The average molecular weight is 216 g/mol. The van der Waals surface area contributed by atoms with E-state index in [2.05, 4.69) is 0 Å². The molecular formula is C10H7F3O2. The second-order valence-corrected chi connectivity index (χ2v) is 3.57. The van der Waals surface area contributed by atoms with Crippen molar-refractivity contribution in [1.29, 1.82) is 0 Å². The summed E-state index contributed by atoms with van der Waals surface area (Å²) in [7, 11) is 0. The number of aliphatic carboxylic acids is 1. The van der Waals surface area contributed by atoms with Gasteiger partial charge < -0.3 is 5.11 Å². The first-order valence-corrected chi connectivity index (χ1v) is 4.28. The van der Waals surface area contributed by atoms with Crippen LogP contribution in [-0.4, -0.2) is 17.0 Å². The molecule has 1 aromatic carbocycles. The lowest BCUT2D eigenvalue weighted by Crippen LogP contribution is -2.28. The van der Waals surface area contributed by atoms with Crippen LogP contribution in [0.3, 0.4) is 0 Å². The molecule has 1 unspecified atom stereocenters. The number of carboxylic acids is 1. The van der Waals surface area contributed by atoms with Crippen LogP contribution in [0.15, 0.2) is 24.3 Å². The van der Waals surface area contributed by atoms with Crippen LogP contribution in [0.4, 0.5) is 13.2 Å². The molecule has 80 valence electrons. The van der Waals surface area contributed by atoms with E-state index in [1.54, 1.807) is 0 Å². The Bertz CT molecular complexity index is 430. The van der Waals surface area contributed by atoms with Gasteiger partial charge in [-0.2, -0.15) is 0 Å². The lowest BCUT2D eigenvalue weighted by atomic mass is 9.95. The highest BCUT2D eigenvalue weighted by atomic mass is 19.3. The number of hydrogen-bond donors (Lipinski definition) is 1. The third-order valence-electron chi connectivity index (χ3n) is 2.69. The normalized spacial score (nSPS) is 27.4. The predicted molar refractivity (Wildman–Crippen MR) is 45.3 cm³/mol. The molecule has 0 aliphatic heterocycles. The molecule has 2 rings (SSSR count). The number of carbonyl (C=O) groups is 1. The Morgan fingerprint density at radius 3 is 2.27 bits per heavy atom. The third-order valence-corrected chi connectivity index (χ3v) is 2.69. The molecule has 1 saturated carbocycles. The molecule has 1 aliphatic carbocycles. The molecule has 0 spiro atoms. The van der Waals surface area contributed by atoms with Crippen molar-refractivity contribution in [2.45, 2.75) is 17.8 Å². The number of halogens is 3. The molecule has 5 heteroatoms. The van der Waals surface area contributed by atoms with E-state index in [1.807, 2.05) is 0 Å². The van der Waals surface area contributed by atoms with Crippen LogP contribution in [0.2, 0.25) is 0 Å². The quantitative estimate of drug-likeness (QED) is 0.822. The van der Waals surface area contributed by atoms with Gasteiger partial charge in [0.05, 0.1) is 0 Å². The van der Waals surface area contributed by atoms with Gasteiger partial charge in [0.15, 0.2) is 5.41 Å². The summed E-state index contributed by atoms with van der Waals surface area (Å²) in [4.78, 5) is 10.8. The van der Waals surface area contributed by atoms with Gasteiger partial charge in [-0.25, -0.2) is 13.2 Å². The number of benzene rings is 1. The van der Waals surface area contributed by atoms with Gasteiger partial charge in [-0.05, 0) is 6.07 Å². The van der Waals surface area contributed by atoms with Gasteiger partial charge in [0.2, 0.25) is 0 Å². The van der Waals surface area contributed by atoms with Crippen LogP contribution in [0.5, 0.6) is 0 Å². The van der Waals surface area contributed by atoms with E-state index in [0.717, 1.165) is 12.1 Å². The van der Waals surface area contributed by atoms with Crippen molar-refractivity contribution >= 4 is 5.97 Å². The SMILES string of the molecule is O=C(O)C1(c2ccccc2F)CC1(F)F. The van der Waals surface area contributed by atoms with Crippen molar-refractivity contribution in [2.24, 2.45) is 0 Å². The Balaban J connectivity index is 2.55. The number of rotatable bonds is 2. The lowest BCUT2D eigenvalue weighted by molar-refractivity contribution is -0.143. The molecule has 0 amide bonds. The topological polar surface area (TPSA) is 37.3 Å². The van der Waals surface area contributed by atoms with E-state index in [-0.39, 0.29) is 0 Å². The second kappa shape index (κ2) is 2.74. The molecule has 0 saturated heterocycles. The zero-order valence-corrected chi connectivity index (χ0v) is 7.51. The summed E-state index contributed by atoms with van der Waals surface area (Å²) in [6.45, 7) is 0. The van der Waals surface area contributed by atoms with Crippen LogP contribution in [0, 0.1) is 5.82 Å². The van der Waals surface area contributed by atoms with Crippen molar-refractivity contribution in [3.63, 3.8) is 0 Å². The molecule has 15 heavy (non-hydrogen) atoms. The smallest absolute Gasteiger partial charge is 0.320 e. The standard InChI is InChI=1S/C10H7F3O2/c11-7-4-2-1-3-6(7)9(8(14)15)5-10(9,12)13/h1-4H,5H2,(H,14,15). The highest BCUT2D eigenvalue weighted by Crippen LogP contribution is 2.62. The first-order valence-electron chi connectivity index (χ1n) is 4.28. The first-order chi connectivity index (χ1) is 6.92. The molecular weight excluding hydrogens is 209 g/mol. The monoisotopic (exact) mass is 216 g/mol. The van der Waals surface area contributed by atoms with E-state index < -0.39 is 35.1 Å². The summed E-state index contributed by atoms with van der Waals surface area (Å²) < 4.78 is 39.3. The summed E-state index contributed by atoms with van der Waals surface area (Å²) in [6.07, 6.45) is -0.837. The molecule has 1 aromatic rings. The molecule has 0 bridgehead atoms. The maximum Gasteiger partial charge on any atom is 0.320 e. The molecule has 2 nitrogen and oxygen atoms in total. The first kappa shape index (κ1) is 10.0. The van der Waals surface area contributed by atoms with Gasteiger partial charge in [0.1, 0.15) is 5.82 Å². The van der Waals surface area contributed by atoms with Crippen LogP contribution in [-0.2, 0) is 10.2 Å². The zero-order valence-electron chi connectivity index (χ0n) is 7.51. The minimum Gasteiger partial charge on any atom is -0.480 e. The predicted octanol–water partition coefficient (Wildman–Crippen LogP) is 2.19. The summed E-state index contributed by atoms with van der Waals surface area (Å²) in [5, 5.41) is 8.77. The fourth-order valence-corrected chi connectivity index (χ4v) is 1.74. The number of hydrogen-bond acceptors (Lipinski definition) is 1. The summed E-state index contributed by atoms with van der Waals surface area (Å²) in [6, 6.07) is 4.74. The van der Waals surface area contributed by atoms with Gasteiger partial charge in [-0.3, -0.25) is 4.79 Å². The summed E-state index contributed by atoms with van der Waals surface area (Å²) in [5.74, 6) is -5.95. The van der Waals surface area contributed by atoms with Crippen LogP contribution >= 0.6 is 0 Å². The maximum atomic E-state index is 13.2. The van der Waals surface area contributed by atoms with E-state index in [1.165, 1.54) is 12.1 Å². The highest BCUT2D eigenvalue weighted by molar-refractivity contribution is 5.87. The van der Waals surface area contributed by atoms with Crippen molar-refractivity contribution in [3.05, 3.63) is 35.6 Å². The Hall–Kier alpha value is -1.52. The van der Waals surface area contributed by atoms with E-state index in [4.69, 9.17) is 5.11 Å². The van der Waals surface area contributed by atoms with E-state index in [9.17, 15) is 18.0 Å². The Labute approximate surface area is 83.3 Å². The minimum absolute atomic E-state index is 0.442. The third kappa shape index (κ3) is 1.15. The van der Waals surface area contributed by atoms with Crippen molar-refractivity contribution in [1.82, 2.24) is 0 Å². The van der Waals surface area contributed by atoms with E-state index in [0.29, 0.717) is 0 Å². The maximum absolute atomic E-state index is 13.2. The van der Waals surface area contributed by atoms with Gasteiger partial charge in [-0.15, -0.1) is 0 Å². The van der Waals surface area contributed by atoms with Crippen molar-refractivity contribution < 1.29 is 23.1 Å². The molecule has 1 atom stereocenters. The average Bonchev–Trinajstić information content (AvgIpc) is 2.71. The number of carboxylic acid groups (broad SMARTS) is 1. The van der Waals surface area contributed by atoms with Crippen LogP contribution in [0.25, 0.3) is 0 Å². The molecule has 1 fully saturated rings. The Morgan fingerprint density at radius 2 is 1.87 bits per heavy atom. The van der Waals surface area contributed by atoms with Gasteiger partial charge in [0, 0.05) is 12.0 Å². The van der Waals surface area contributed by atoms with Crippen molar-refractivity contribution in [2.75, 3.05) is 0 Å². The largest absolute Gasteiger partial charge is 0.480 e. The van der Waals surface area contributed by atoms with Crippen molar-refractivity contribution in [3.8, 4) is 0 Å². The number of alkyl halides is 2. The fourth-order valence-electron chi connectivity index (χ4n) is 1.74. The Morgan fingerprint density at radius 1 is 1.33 bits per heavy atom. The molecule has 1 N–H and O–H groups in total. The van der Waals surface area contributed by atoms with Crippen LogP contribution < -0.4 is 0 Å². The second-order valence-electron chi connectivity index (χ2n) is 3.57. The molecule has 0 heterocycles. The molecule has 1 aliphatic rings. The Kier molecular flexibility index (Phi) is 1.83. The summed E-state index contributed by atoms with van der Waals surface area (Å²) in [5.41, 5.74) is -2.80.